The summed E-state index contributed by atoms with van der Waals surface area (Å²) in [5.74, 6) is -0.665. The Hall–Kier alpha value is -0.620. The lowest BCUT2D eigenvalue weighted by Gasteiger charge is -2.19. The van der Waals surface area contributed by atoms with E-state index >= 15 is 0 Å². The molecule has 0 saturated heterocycles. The highest BCUT2D eigenvalue weighted by atomic mass is 32.2. The first-order chi connectivity index (χ1) is 6.84. The molecule has 0 aliphatic heterocycles. The molecule has 1 atom stereocenters. The first-order valence-corrected chi connectivity index (χ1v) is 6.57. The van der Waals surface area contributed by atoms with Gasteiger partial charge in [0, 0.05) is 0 Å². The second kappa shape index (κ2) is 6.07. The van der Waals surface area contributed by atoms with Crippen LogP contribution < -0.4 is 4.72 Å². The van der Waals surface area contributed by atoms with Gasteiger partial charge in [0.1, 0.15) is 6.04 Å². The van der Waals surface area contributed by atoms with Gasteiger partial charge in [-0.15, -0.1) is 0 Å². The van der Waals surface area contributed by atoms with Crippen molar-refractivity contribution in [2.75, 3.05) is 12.9 Å². The van der Waals surface area contributed by atoms with E-state index in [1.165, 1.54) is 7.11 Å². The first-order valence-electron chi connectivity index (χ1n) is 4.92. The SMILES string of the molecule is CCCS(=O)(=O)NC(C(=O)OC)C(C)C. The summed E-state index contributed by atoms with van der Waals surface area (Å²) in [6.07, 6.45) is 0.515. The van der Waals surface area contributed by atoms with E-state index in [0.717, 1.165) is 0 Å². The van der Waals surface area contributed by atoms with Crippen LogP contribution in [0.5, 0.6) is 0 Å². The molecule has 0 aliphatic rings. The average molecular weight is 237 g/mol. The lowest BCUT2D eigenvalue weighted by atomic mass is 10.1. The smallest absolute Gasteiger partial charge is 0.324 e. The first kappa shape index (κ1) is 14.4. The molecule has 6 heteroatoms. The predicted octanol–water partition coefficient (Wildman–Crippen LogP) is 0.513. The third kappa shape index (κ3) is 5.13. The van der Waals surface area contributed by atoms with Gasteiger partial charge in [0.2, 0.25) is 10.0 Å². The van der Waals surface area contributed by atoms with Crippen molar-refractivity contribution < 1.29 is 17.9 Å². The van der Waals surface area contributed by atoms with Crippen LogP contribution in [0.15, 0.2) is 0 Å². The highest BCUT2D eigenvalue weighted by Gasteiger charge is 2.27. The van der Waals surface area contributed by atoms with Crippen LogP contribution >= 0.6 is 0 Å². The van der Waals surface area contributed by atoms with E-state index in [4.69, 9.17) is 0 Å². The van der Waals surface area contributed by atoms with Gasteiger partial charge in [-0.05, 0) is 12.3 Å². The van der Waals surface area contributed by atoms with Crippen molar-refractivity contribution in [1.82, 2.24) is 4.72 Å². The molecule has 1 N–H and O–H groups in total. The van der Waals surface area contributed by atoms with Gasteiger partial charge >= 0.3 is 5.97 Å². The van der Waals surface area contributed by atoms with E-state index < -0.39 is 22.0 Å². The molecule has 0 spiro atoms. The van der Waals surface area contributed by atoms with Crippen LogP contribution in [0.3, 0.4) is 0 Å². The largest absolute Gasteiger partial charge is 0.468 e. The van der Waals surface area contributed by atoms with Crippen molar-refractivity contribution in [1.29, 1.82) is 0 Å². The van der Waals surface area contributed by atoms with Crippen LogP contribution in [0.2, 0.25) is 0 Å². The lowest BCUT2D eigenvalue weighted by molar-refractivity contribution is -0.143. The molecule has 90 valence electrons. The van der Waals surface area contributed by atoms with Crippen molar-refractivity contribution in [3.63, 3.8) is 0 Å². The third-order valence-electron chi connectivity index (χ3n) is 1.90. The molecule has 1 unspecified atom stereocenters. The van der Waals surface area contributed by atoms with Gasteiger partial charge in [0.25, 0.3) is 0 Å². The van der Waals surface area contributed by atoms with Crippen molar-refractivity contribution in [2.24, 2.45) is 5.92 Å². The minimum absolute atomic E-state index is 0.0210. The molecule has 0 aromatic rings. The molecule has 0 aromatic carbocycles. The predicted molar refractivity (Wildman–Crippen MR) is 57.9 cm³/mol. The second-order valence-corrected chi connectivity index (χ2v) is 5.56. The van der Waals surface area contributed by atoms with Crippen molar-refractivity contribution >= 4 is 16.0 Å². The average Bonchev–Trinajstić information content (AvgIpc) is 2.12. The molecular weight excluding hydrogens is 218 g/mol. The van der Waals surface area contributed by atoms with E-state index in [2.05, 4.69) is 9.46 Å². The molecule has 0 rings (SSSR count). The van der Waals surface area contributed by atoms with Gasteiger partial charge in [0.15, 0.2) is 0 Å². The highest BCUT2D eigenvalue weighted by Crippen LogP contribution is 2.05. The van der Waals surface area contributed by atoms with Gasteiger partial charge in [0.05, 0.1) is 12.9 Å². The zero-order valence-corrected chi connectivity index (χ0v) is 10.4. The molecular formula is C9H19NO4S. The van der Waals surface area contributed by atoms with E-state index in [1.807, 2.05) is 0 Å². The normalized spacial score (nSPS) is 13.9. The number of sulfonamides is 1. The number of methoxy groups -OCH3 is 1. The monoisotopic (exact) mass is 237 g/mol. The summed E-state index contributed by atoms with van der Waals surface area (Å²) in [5, 5.41) is 0. The quantitative estimate of drug-likeness (QED) is 0.683. The van der Waals surface area contributed by atoms with Crippen molar-refractivity contribution in [2.45, 2.75) is 33.2 Å². The van der Waals surface area contributed by atoms with Gasteiger partial charge in [-0.2, -0.15) is 0 Å². The molecule has 0 fully saturated rings. The summed E-state index contributed by atoms with van der Waals surface area (Å²) in [4.78, 5) is 11.3. The molecule has 0 aliphatic carbocycles. The van der Waals surface area contributed by atoms with E-state index in [1.54, 1.807) is 20.8 Å². The Morgan fingerprint density at radius 2 is 1.93 bits per heavy atom. The van der Waals surface area contributed by atoms with Crippen LogP contribution in [0.1, 0.15) is 27.2 Å². The maximum Gasteiger partial charge on any atom is 0.324 e. The molecule has 0 bridgehead atoms. The standard InChI is InChI=1S/C9H19NO4S/c1-5-6-15(12,13)10-8(7(2)3)9(11)14-4/h7-8,10H,5-6H2,1-4H3. The van der Waals surface area contributed by atoms with Gasteiger partial charge < -0.3 is 4.74 Å². The molecule has 0 saturated carbocycles. The van der Waals surface area contributed by atoms with E-state index in [-0.39, 0.29) is 11.7 Å². The Bertz CT molecular complexity index is 297. The number of carbonyl (C=O) groups excluding carboxylic acids is 1. The van der Waals surface area contributed by atoms with E-state index in [9.17, 15) is 13.2 Å². The van der Waals surface area contributed by atoms with E-state index in [0.29, 0.717) is 6.42 Å². The topological polar surface area (TPSA) is 72.5 Å². The summed E-state index contributed by atoms with van der Waals surface area (Å²) in [6, 6.07) is -0.799. The fourth-order valence-electron chi connectivity index (χ4n) is 1.10. The zero-order valence-electron chi connectivity index (χ0n) is 9.61. The van der Waals surface area contributed by atoms with Crippen LogP contribution in [0.25, 0.3) is 0 Å². The Balaban J connectivity index is 4.62. The lowest BCUT2D eigenvalue weighted by Crippen LogP contribution is -2.45. The fourth-order valence-corrected chi connectivity index (χ4v) is 2.52. The zero-order chi connectivity index (χ0) is 12.1. The number of hydrogen-bond acceptors (Lipinski definition) is 4. The van der Waals surface area contributed by atoms with Crippen molar-refractivity contribution in [3.05, 3.63) is 0 Å². The number of carbonyl (C=O) groups is 1. The number of ether oxygens (including phenoxy) is 1. The number of nitrogens with one attached hydrogen (secondary N) is 1. The van der Waals surface area contributed by atoms with Crippen LogP contribution in [0.4, 0.5) is 0 Å². The summed E-state index contributed by atoms with van der Waals surface area (Å²) in [6.45, 7) is 5.29. The molecule has 5 nitrogen and oxygen atoms in total. The number of esters is 1. The van der Waals surface area contributed by atoms with Gasteiger partial charge in [-0.1, -0.05) is 20.8 Å². The summed E-state index contributed by atoms with van der Waals surface area (Å²) in [5.41, 5.74) is 0. The van der Waals surface area contributed by atoms with Crippen molar-refractivity contribution in [3.8, 4) is 0 Å². The Kier molecular flexibility index (Phi) is 5.82. The minimum atomic E-state index is -3.38. The Labute approximate surface area is 91.2 Å². The van der Waals surface area contributed by atoms with Crippen LogP contribution in [-0.4, -0.2) is 33.3 Å². The minimum Gasteiger partial charge on any atom is -0.468 e. The Morgan fingerprint density at radius 3 is 2.27 bits per heavy atom. The summed E-state index contributed by atoms with van der Waals surface area (Å²) >= 11 is 0. The Morgan fingerprint density at radius 1 is 1.40 bits per heavy atom. The fraction of sp³-hybridized carbons (Fsp3) is 0.889. The maximum atomic E-state index is 11.4. The van der Waals surface area contributed by atoms with Gasteiger partial charge in [-0.25, -0.2) is 13.1 Å². The number of hydrogen-bond donors (Lipinski definition) is 1. The molecule has 15 heavy (non-hydrogen) atoms. The third-order valence-corrected chi connectivity index (χ3v) is 3.46. The van der Waals surface area contributed by atoms with Gasteiger partial charge in [-0.3, -0.25) is 4.79 Å². The molecule has 0 aromatic heterocycles. The van der Waals surface area contributed by atoms with Crippen LogP contribution in [0, 0.1) is 5.92 Å². The summed E-state index contributed by atoms with van der Waals surface area (Å²) in [7, 11) is -2.14. The summed E-state index contributed by atoms with van der Waals surface area (Å²) < 4.78 is 29.8. The van der Waals surface area contributed by atoms with Crippen LogP contribution in [-0.2, 0) is 19.6 Å². The molecule has 0 amide bonds. The maximum absolute atomic E-state index is 11.4. The molecule has 0 heterocycles. The number of rotatable bonds is 6. The second-order valence-electron chi connectivity index (χ2n) is 3.68. The molecule has 0 radical (unpaired) electrons. The highest BCUT2D eigenvalue weighted by molar-refractivity contribution is 7.89.